The van der Waals surface area contributed by atoms with Crippen molar-refractivity contribution < 1.29 is 8.42 Å². The van der Waals surface area contributed by atoms with Gasteiger partial charge in [-0.15, -0.1) is 0 Å². The van der Waals surface area contributed by atoms with E-state index >= 15 is 0 Å². The average molecular weight is 333 g/mol. The minimum Gasteiger partial charge on any atom is -0.262 e. The van der Waals surface area contributed by atoms with E-state index in [1.807, 2.05) is 0 Å². The number of hydrogen-bond acceptors (Lipinski definition) is 3. The normalized spacial score (nSPS) is 26.2. The van der Waals surface area contributed by atoms with E-state index in [-0.39, 0.29) is 4.90 Å². The molecule has 0 amide bonds. The maximum Gasteiger partial charge on any atom is 0.244 e. The molecule has 6 heteroatoms. The second-order valence-electron chi connectivity index (χ2n) is 5.11. The fourth-order valence-electron chi connectivity index (χ4n) is 2.48. The Labute approximate surface area is 117 Å². The molecule has 1 aliphatic heterocycles. The van der Waals surface area contributed by atoms with Gasteiger partial charge in [0.15, 0.2) is 0 Å². The standard InChI is InChI=1S/C12H17BrN2O2S/c1-9-3-10(2)8-15(7-9)18(16,17)12-4-11(13)5-14-6-12/h4-6,9-10H,3,7-8H2,1-2H3. The summed E-state index contributed by atoms with van der Waals surface area (Å²) in [5.41, 5.74) is 0. The van der Waals surface area contributed by atoms with E-state index in [1.165, 1.54) is 6.20 Å². The molecular weight excluding hydrogens is 316 g/mol. The SMILES string of the molecule is CC1CC(C)CN(S(=O)(=O)c2cncc(Br)c2)C1. The van der Waals surface area contributed by atoms with Gasteiger partial charge in [0.05, 0.1) is 0 Å². The van der Waals surface area contributed by atoms with Gasteiger partial charge >= 0.3 is 0 Å². The maximum atomic E-state index is 12.5. The van der Waals surface area contributed by atoms with Crippen LogP contribution in [-0.4, -0.2) is 30.8 Å². The lowest BCUT2D eigenvalue weighted by atomic mass is 9.94. The van der Waals surface area contributed by atoms with E-state index in [0.717, 1.165) is 6.42 Å². The molecule has 0 bridgehead atoms. The van der Waals surface area contributed by atoms with Crippen LogP contribution in [0.5, 0.6) is 0 Å². The van der Waals surface area contributed by atoms with Crippen LogP contribution in [0, 0.1) is 11.8 Å². The summed E-state index contributed by atoms with van der Waals surface area (Å²) in [6.07, 6.45) is 4.08. The van der Waals surface area contributed by atoms with Crippen LogP contribution >= 0.6 is 15.9 Å². The number of sulfonamides is 1. The second kappa shape index (κ2) is 5.27. The molecule has 100 valence electrons. The number of hydrogen-bond donors (Lipinski definition) is 0. The lowest BCUT2D eigenvalue weighted by Gasteiger charge is -2.33. The highest BCUT2D eigenvalue weighted by molar-refractivity contribution is 9.10. The fourth-order valence-corrected chi connectivity index (χ4v) is 4.67. The molecule has 0 radical (unpaired) electrons. The number of piperidine rings is 1. The predicted molar refractivity (Wildman–Crippen MR) is 73.6 cm³/mol. The van der Waals surface area contributed by atoms with E-state index in [0.29, 0.717) is 29.4 Å². The first-order valence-electron chi connectivity index (χ1n) is 6.00. The van der Waals surface area contributed by atoms with Crippen molar-refractivity contribution in [2.45, 2.75) is 25.2 Å². The predicted octanol–water partition coefficient (Wildman–Crippen LogP) is 2.51. The summed E-state index contributed by atoms with van der Waals surface area (Å²) < 4.78 is 27.3. The average Bonchev–Trinajstić information content (AvgIpc) is 2.27. The minimum absolute atomic E-state index is 0.262. The van der Waals surface area contributed by atoms with Gasteiger partial charge in [-0.05, 0) is 40.3 Å². The van der Waals surface area contributed by atoms with Crippen molar-refractivity contribution in [1.29, 1.82) is 0 Å². The molecule has 1 fully saturated rings. The molecule has 1 saturated heterocycles. The third-order valence-electron chi connectivity index (χ3n) is 3.15. The van der Waals surface area contributed by atoms with Crippen LogP contribution in [-0.2, 0) is 10.0 Å². The first-order chi connectivity index (χ1) is 8.39. The summed E-state index contributed by atoms with van der Waals surface area (Å²) in [4.78, 5) is 4.19. The van der Waals surface area contributed by atoms with Crippen LogP contribution in [0.2, 0.25) is 0 Å². The molecule has 2 unspecified atom stereocenters. The Morgan fingerprint density at radius 1 is 1.28 bits per heavy atom. The van der Waals surface area contributed by atoms with Crippen LogP contribution in [0.3, 0.4) is 0 Å². The molecular formula is C12H17BrN2O2S. The van der Waals surface area contributed by atoms with Gasteiger partial charge in [0.2, 0.25) is 10.0 Å². The smallest absolute Gasteiger partial charge is 0.244 e. The van der Waals surface area contributed by atoms with E-state index in [9.17, 15) is 8.42 Å². The van der Waals surface area contributed by atoms with Gasteiger partial charge in [0.1, 0.15) is 4.90 Å². The number of rotatable bonds is 2. The van der Waals surface area contributed by atoms with Crippen molar-refractivity contribution >= 4 is 26.0 Å². The van der Waals surface area contributed by atoms with Crippen molar-refractivity contribution in [3.63, 3.8) is 0 Å². The largest absolute Gasteiger partial charge is 0.262 e. The number of pyridine rings is 1. The number of aromatic nitrogens is 1. The summed E-state index contributed by atoms with van der Waals surface area (Å²) in [7, 11) is -3.41. The third-order valence-corrected chi connectivity index (χ3v) is 5.38. The van der Waals surface area contributed by atoms with Gasteiger partial charge in [-0.1, -0.05) is 13.8 Å². The van der Waals surface area contributed by atoms with E-state index < -0.39 is 10.0 Å². The first-order valence-corrected chi connectivity index (χ1v) is 8.23. The van der Waals surface area contributed by atoms with Gasteiger partial charge < -0.3 is 0 Å². The molecule has 2 rings (SSSR count). The van der Waals surface area contributed by atoms with E-state index in [1.54, 1.807) is 16.6 Å². The first kappa shape index (κ1) is 14.0. The molecule has 0 saturated carbocycles. The molecule has 0 aromatic carbocycles. The quantitative estimate of drug-likeness (QED) is 0.836. The molecule has 1 aromatic heterocycles. The summed E-state index contributed by atoms with van der Waals surface area (Å²) in [5.74, 6) is 0.812. The van der Waals surface area contributed by atoms with Gasteiger partial charge in [-0.3, -0.25) is 4.98 Å². The zero-order valence-corrected chi connectivity index (χ0v) is 12.9. The van der Waals surface area contributed by atoms with Gasteiger partial charge in [-0.25, -0.2) is 8.42 Å². The van der Waals surface area contributed by atoms with Crippen molar-refractivity contribution in [2.24, 2.45) is 11.8 Å². The summed E-state index contributed by atoms with van der Waals surface area (Å²) in [5, 5.41) is 0. The fraction of sp³-hybridized carbons (Fsp3) is 0.583. The van der Waals surface area contributed by atoms with Crippen LogP contribution < -0.4 is 0 Å². The summed E-state index contributed by atoms with van der Waals surface area (Å²) in [6.45, 7) is 5.38. The van der Waals surface area contributed by atoms with Gasteiger partial charge in [0, 0.05) is 30.0 Å². The highest BCUT2D eigenvalue weighted by atomic mass is 79.9. The molecule has 0 aliphatic carbocycles. The molecule has 4 nitrogen and oxygen atoms in total. The maximum absolute atomic E-state index is 12.5. The van der Waals surface area contributed by atoms with Crippen LogP contribution in [0.15, 0.2) is 27.8 Å². The topological polar surface area (TPSA) is 50.3 Å². The van der Waals surface area contributed by atoms with Crippen molar-refractivity contribution in [3.8, 4) is 0 Å². The van der Waals surface area contributed by atoms with Crippen molar-refractivity contribution in [3.05, 3.63) is 22.9 Å². The lowest BCUT2D eigenvalue weighted by Crippen LogP contribution is -2.42. The number of nitrogens with zero attached hydrogens (tertiary/aromatic N) is 2. The Bertz CT molecular complexity index is 523. The summed E-state index contributed by atoms with van der Waals surface area (Å²) >= 11 is 3.26. The Hall–Kier alpha value is -0.460. The number of halogens is 1. The monoisotopic (exact) mass is 332 g/mol. The molecule has 0 spiro atoms. The Balaban J connectivity index is 2.31. The molecule has 18 heavy (non-hydrogen) atoms. The molecule has 2 atom stereocenters. The minimum atomic E-state index is -3.41. The molecule has 0 N–H and O–H groups in total. The zero-order chi connectivity index (χ0) is 13.3. The van der Waals surface area contributed by atoms with Crippen molar-refractivity contribution in [2.75, 3.05) is 13.1 Å². The Kier molecular flexibility index (Phi) is 4.08. The Morgan fingerprint density at radius 3 is 2.44 bits per heavy atom. The van der Waals surface area contributed by atoms with Crippen molar-refractivity contribution in [1.82, 2.24) is 9.29 Å². The third kappa shape index (κ3) is 2.92. The second-order valence-corrected chi connectivity index (χ2v) is 7.96. The van der Waals surface area contributed by atoms with Crippen LogP contribution in [0.25, 0.3) is 0 Å². The van der Waals surface area contributed by atoms with Gasteiger partial charge in [-0.2, -0.15) is 4.31 Å². The lowest BCUT2D eigenvalue weighted by molar-refractivity contribution is 0.222. The molecule has 1 aromatic rings. The zero-order valence-electron chi connectivity index (χ0n) is 10.5. The highest BCUT2D eigenvalue weighted by Gasteiger charge is 2.31. The molecule has 1 aliphatic rings. The van der Waals surface area contributed by atoms with Crippen LogP contribution in [0.1, 0.15) is 20.3 Å². The van der Waals surface area contributed by atoms with E-state index in [2.05, 4.69) is 34.8 Å². The van der Waals surface area contributed by atoms with Crippen LogP contribution in [0.4, 0.5) is 0 Å². The summed E-state index contributed by atoms with van der Waals surface area (Å²) in [6, 6.07) is 1.60. The van der Waals surface area contributed by atoms with Gasteiger partial charge in [0.25, 0.3) is 0 Å². The van der Waals surface area contributed by atoms with E-state index in [4.69, 9.17) is 0 Å². The highest BCUT2D eigenvalue weighted by Crippen LogP contribution is 2.27. The molecule has 2 heterocycles. The Morgan fingerprint density at radius 2 is 1.89 bits per heavy atom.